The van der Waals surface area contributed by atoms with Gasteiger partial charge in [0.2, 0.25) is 5.91 Å². The molecule has 1 heterocycles. The van der Waals surface area contributed by atoms with E-state index in [1.54, 1.807) is 0 Å². The summed E-state index contributed by atoms with van der Waals surface area (Å²) in [5, 5.41) is 7.07. The van der Waals surface area contributed by atoms with Gasteiger partial charge in [-0.25, -0.2) is 9.97 Å². The molecule has 3 aromatic carbocycles. The summed E-state index contributed by atoms with van der Waals surface area (Å²) < 4.78 is 0. The fraction of sp³-hybridized carbons (Fsp3) is 0.125. The number of aromatic nitrogens is 2. The summed E-state index contributed by atoms with van der Waals surface area (Å²) in [6, 6.07) is 23.6. The number of fused-ring (bicyclic) bond motifs is 1. The van der Waals surface area contributed by atoms with Gasteiger partial charge in [0.25, 0.3) is 0 Å². The molecule has 4 rings (SSSR count). The number of benzene rings is 3. The van der Waals surface area contributed by atoms with Crippen LogP contribution in [0.2, 0.25) is 0 Å². The van der Waals surface area contributed by atoms with E-state index >= 15 is 0 Å². The molecule has 0 aliphatic carbocycles. The molecule has 0 saturated carbocycles. The van der Waals surface area contributed by atoms with Gasteiger partial charge in [-0.15, -0.1) is 0 Å². The largest absolute Gasteiger partial charge is 0.360 e. The first-order valence-corrected chi connectivity index (χ1v) is 9.54. The maximum atomic E-state index is 12.6. The van der Waals surface area contributed by atoms with Crippen LogP contribution in [-0.4, -0.2) is 22.4 Å². The lowest BCUT2D eigenvalue weighted by Crippen LogP contribution is -2.23. The van der Waals surface area contributed by atoms with Crippen molar-refractivity contribution < 1.29 is 4.79 Å². The van der Waals surface area contributed by atoms with E-state index in [9.17, 15) is 4.79 Å². The first-order valence-electron chi connectivity index (χ1n) is 9.54. The SMILES string of the molecule is Cc1cccc(C)c1NC(=O)CNc1nc(-c2ccccc2)nc2ccccc12. The fourth-order valence-electron chi connectivity index (χ4n) is 3.29. The number of anilines is 2. The minimum absolute atomic E-state index is 0.114. The first-order chi connectivity index (χ1) is 14.1. The van der Waals surface area contributed by atoms with Crippen molar-refractivity contribution in [1.82, 2.24) is 9.97 Å². The number of aryl methyl sites for hydroxylation is 2. The monoisotopic (exact) mass is 382 g/mol. The van der Waals surface area contributed by atoms with Crippen molar-refractivity contribution in [3.8, 4) is 11.4 Å². The first kappa shape index (κ1) is 18.6. The molecule has 2 N–H and O–H groups in total. The predicted molar refractivity (Wildman–Crippen MR) is 118 cm³/mol. The molecule has 0 fully saturated rings. The molecule has 4 aromatic rings. The topological polar surface area (TPSA) is 66.9 Å². The standard InChI is InChI=1S/C24H22N4O/c1-16-9-8-10-17(2)22(16)27-21(29)15-25-24-19-13-6-7-14-20(19)26-23(28-24)18-11-4-3-5-12-18/h3-14H,15H2,1-2H3,(H,27,29)(H,25,26,28). The highest BCUT2D eigenvalue weighted by molar-refractivity contribution is 5.97. The van der Waals surface area contributed by atoms with Crippen LogP contribution in [0.1, 0.15) is 11.1 Å². The third-order valence-corrected chi connectivity index (χ3v) is 4.80. The second-order valence-electron chi connectivity index (χ2n) is 6.95. The molecular weight excluding hydrogens is 360 g/mol. The van der Waals surface area contributed by atoms with Crippen molar-refractivity contribution in [3.63, 3.8) is 0 Å². The summed E-state index contributed by atoms with van der Waals surface area (Å²) in [5.41, 5.74) is 4.70. The van der Waals surface area contributed by atoms with Crippen LogP contribution < -0.4 is 10.6 Å². The van der Waals surface area contributed by atoms with E-state index < -0.39 is 0 Å². The number of nitrogens with one attached hydrogen (secondary N) is 2. The van der Waals surface area contributed by atoms with E-state index in [0.717, 1.165) is 33.3 Å². The molecule has 1 aromatic heterocycles. The summed E-state index contributed by atoms with van der Waals surface area (Å²) in [7, 11) is 0. The molecule has 0 aliphatic heterocycles. The Bertz CT molecular complexity index is 1150. The molecule has 1 amide bonds. The van der Waals surface area contributed by atoms with Crippen molar-refractivity contribution in [1.29, 1.82) is 0 Å². The summed E-state index contributed by atoms with van der Waals surface area (Å²) in [6.45, 7) is 4.09. The van der Waals surface area contributed by atoms with E-state index in [2.05, 4.69) is 20.6 Å². The smallest absolute Gasteiger partial charge is 0.243 e. The lowest BCUT2D eigenvalue weighted by atomic mass is 10.1. The minimum Gasteiger partial charge on any atom is -0.360 e. The van der Waals surface area contributed by atoms with Crippen LogP contribution in [0.3, 0.4) is 0 Å². The Hall–Kier alpha value is -3.73. The predicted octanol–water partition coefficient (Wildman–Crippen LogP) is 4.96. The highest BCUT2D eigenvalue weighted by atomic mass is 16.1. The van der Waals surface area contributed by atoms with Crippen LogP contribution in [-0.2, 0) is 4.79 Å². The zero-order valence-electron chi connectivity index (χ0n) is 16.4. The number of para-hydroxylation sites is 2. The van der Waals surface area contributed by atoms with Gasteiger partial charge in [0.15, 0.2) is 5.82 Å². The Morgan fingerprint density at radius 3 is 2.28 bits per heavy atom. The molecule has 5 heteroatoms. The molecule has 0 bridgehead atoms. The van der Waals surface area contributed by atoms with Crippen LogP contribution in [0.5, 0.6) is 0 Å². The van der Waals surface area contributed by atoms with E-state index in [4.69, 9.17) is 0 Å². The number of amides is 1. The Kier molecular flexibility index (Phi) is 5.20. The van der Waals surface area contributed by atoms with Crippen molar-refractivity contribution >= 4 is 28.3 Å². The average Bonchev–Trinajstić information content (AvgIpc) is 2.75. The molecule has 5 nitrogen and oxygen atoms in total. The molecule has 0 aliphatic rings. The zero-order chi connectivity index (χ0) is 20.2. The van der Waals surface area contributed by atoms with Crippen molar-refractivity contribution in [2.45, 2.75) is 13.8 Å². The maximum absolute atomic E-state index is 12.6. The van der Waals surface area contributed by atoms with Gasteiger partial charge in [0.1, 0.15) is 5.82 Å². The third kappa shape index (κ3) is 4.09. The highest BCUT2D eigenvalue weighted by Crippen LogP contribution is 2.25. The van der Waals surface area contributed by atoms with Gasteiger partial charge in [-0.05, 0) is 37.1 Å². The van der Waals surface area contributed by atoms with E-state index in [1.165, 1.54) is 0 Å². The van der Waals surface area contributed by atoms with Crippen LogP contribution >= 0.6 is 0 Å². The van der Waals surface area contributed by atoms with Gasteiger partial charge in [-0.2, -0.15) is 0 Å². The summed E-state index contributed by atoms with van der Waals surface area (Å²) in [4.78, 5) is 21.9. The van der Waals surface area contributed by atoms with E-state index in [-0.39, 0.29) is 12.5 Å². The molecular formula is C24H22N4O. The molecule has 0 unspecified atom stereocenters. The quantitative estimate of drug-likeness (QED) is 0.512. The van der Waals surface area contributed by atoms with Gasteiger partial charge >= 0.3 is 0 Å². The van der Waals surface area contributed by atoms with Gasteiger partial charge in [-0.3, -0.25) is 4.79 Å². The minimum atomic E-state index is -0.119. The van der Waals surface area contributed by atoms with E-state index in [1.807, 2.05) is 86.6 Å². The van der Waals surface area contributed by atoms with Gasteiger partial charge < -0.3 is 10.6 Å². The Labute approximate surface area is 169 Å². The number of carbonyl (C=O) groups excluding carboxylic acids is 1. The number of hydrogen-bond donors (Lipinski definition) is 2. The normalized spacial score (nSPS) is 10.7. The Morgan fingerprint density at radius 2 is 1.52 bits per heavy atom. The molecule has 0 spiro atoms. The van der Waals surface area contributed by atoms with Gasteiger partial charge in [0.05, 0.1) is 12.1 Å². The molecule has 0 atom stereocenters. The number of hydrogen-bond acceptors (Lipinski definition) is 4. The molecule has 0 saturated heterocycles. The van der Waals surface area contributed by atoms with Gasteiger partial charge in [0, 0.05) is 16.6 Å². The Balaban J connectivity index is 1.59. The summed E-state index contributed by atoms with van der Waals surface area (Å²) in [6.07, 6.45) is 0. The van der Waals surface area contributed by atoms with Crippen LogP contribution in [0.15, 0.2) is 72.8 Å². The van der Waals surface area contributed by atoms with E-state index in [0.29, 0.717) is 11.6 Å². The highest BCUT2D eigenvalue weighted by Gasteiger charge is 2.11. The average molecular weight is 382 g/mol. The maximum Gasteiger partial charge on any atom is 0.243 e. The van der Waals surface area contributed by atoms with Crippen molar-refractivity contribution in [3.05, 3.63) is 83.9 Å². The number of rotatable bonds is 5. The third-order valence-electron chi connectivity index (χ3n) is 4.80. The summed E-state index contributed by atoms with van der Waals surface area (Å²) in [5.74, 6) is 1.15. The number of nitrogens with zero attached hydrogens (tertiary/aromatic N) is 2. The zero-order valence-corrected chi connectivity index (χ0v) is 16.4. The summed E-state index contributed by atoms with van der Waals surface area (Å²) >= 11 is 0. The molecule has 0 radical (unpaired) electrons. The van der Waals surface area contributed by atoms with Crippen LogP contribution in [0, 0.1) is 13.8 Å². The van der Waals surface area contributed by atoms with Gasteiger partial charge in [-0.1, -0.05) is 60.7 Å². The van der Waals surface area contributed by atoms with Crippen LogP contribution in [0.4, 0.5) is 11.5 Å². The second-order valence-corrected chi connectivity index (χ2v) is 6.95. The lowest BCUT2D eigenvalue weighted by Gasteiger charge is -2.13. The van der Waals surface area contributed by atoms with Crippen molar-refractivity contribution in [2.24, 2.45) is 0 Å². The van der Waals surface area contributed by atoms with Crippen LogP contribution in [0.25, 0.3) is 22.3 Å². The Morgan fingerprint density at radius 1 is 0.828 bits per heavy atom. The lowest BCUT2D eigenvalue weighted by molar-refractivity contribution is -0.114. The second kappa shape index (κ2) is 8.10. The molecule has 29 heavy (non-hydrogen) atoms. The number of carbonyl (C=O) groups is 1. The van der Waals surface area contributed by atoms with Crippen molar-refractivity contribution in [2.75, 3.05) is 17.2 Å². The molecule has 144 valence electrons. The fourth-order valence-corrected chi connectivity index (χ4v) is 3.29.